The summed E-state index contributed by atoms with van der Waals surface area (Å²) < 4.78 is 2.00. The molecule has 0 atom stereocenters. The minimum atomic E-state index is -0.175. The van der Waals surface area contributed by atoms with E-state index >= 15 is 0 Å². The van der Waals surface area contributed by atoms with Crippen LogP contribution in [0, 0.1) is 0 Å². The van der Waals surface area contributed by atoms with Crippen LogP contribution in [-0.4, -0.2) is 32.4 Å². The SMILES string of the molecule is O=C(NCc1nn(-c2ccccc2)c2c1CCC2)c1ccc(CN2C(=O)CCC2=O)cc1. The molecule has 2 heterocycles. The summed E-state index contributed by atoms with van der Waals surface area (Å²) in [5.41, 5.74) is 5.78. The van der Waals surface area contributed by atoms with E-state index in [4.69, 9.17) is 5.10 Å². The van der Waals surface area contributed by atoms with Crippen LogP contribution in [-0.2, 0) is 35.5 Å². The van der Waals surface area contributed by atoms with Gasteiger partial charge in [0, 0.05) is 24.1 Å². The molecule has 1 fully saturated rings. The second-order valence-electron chi connectivity index (χ2n) is 8.23. The Morgan fingerprint density at radius 2 is 1.62 bits per heavy atom. The van der Waals surface area contributed by atoms with Crippen LogP contribution in [0.25, 0.3) is 5.69 Å². The van der Waals surface area contributed by atoms with Gasteiger partial charge in [0.1, 0.15) is 0 Å². The lowest BCUT2D eigenvalue weighted by molar-refractivity contribution is -0.139. The third-order valence-electron chi connectivity index (χ3n) is 6.14. The number of hydrogen-bond donors (Lipinski definition) is 1. The molecular weight excluding hydrogens is 404 g/mol. The molecule has 1 saturated heterocycles. The predicted octanol–water partition coefficient (Wildman–Crippen LogP) is 2.94. The smallest absolute Gasteiger partial charge is 0.251 e. The number of nitrogens with zero attached hydrogens (tertiary/aromatic N) is 3. The molecule has 7 nitrogen and oxygen atoms in total. The predicted molar refractivity (Wildman–Crippen MR) is 118 cm³/mol. The number of hydrogen-bond acceptors (Lipinski definition) is 4. The number of rotatable bonds is 6. The van der Waals surface area contributed by atoms with Crippen LogP contribution < -0.4 is 5.32 Å². The Kier molecular flexibility index (Phi) is 5.31. The standard InChI is InChI=1S/C25H24N4O3/c30-23-13-14-24(31)28(23)16-17-9-11-18(12-10-17)25(32)26-15-21-20-7-4-8-22(20)29(27-21)19-5-2-1-3-6-19/h1-3,5-6,9-12H,4,7-8,13-16H2,(H,26,32). The normalized spacial score (nSPS) is 15.3. The second kappa shape index (κ2) is 8.42. The number of para-hydroxylation sites is 1. The van der Waals surface area contributed by atoms with Gasteiger partial charge in [0.15, 0.2) is 0 Å². The van der Waals surface area contributed by atoms with Gasteiger partial charge < -0.3 is 5.32 Å². The highest BCUT2D eigenvalue weighted by Crippen LogP contribution is 2.27. The van der Waals surface area contributed by atoms with E-state index in [0.717, 1.165) is 36.2 Å². The van der Waals surface area contributed by atoms with Gasteiger partial charge >= 0.3 is 0 Å². The van der Waals surface area contributed by atoms with Crippen molar-refractivity contribution < 1.29 is 14.4 Å². The second-order valence-corrected chi connectivity index (χ2v) is 8.23. The van der Waals surface area contributed by atoms with E-state index < -0.39 is 0 Å². The Labute approximate surface area is 186 Å². The van der Waals surface area contributed by atoms with Gasteiger partial charge in [-0.05, 0) is 54.7 Å². The van der Waals surface area contributed by atoms with Gasteiger partial charge in [-0.25, -0.2) is 4.68 Å². The molecule has 0 unspecified atom stereocenters. The summed E-state index contributed by atoms with van der Waals surface area (Å²) in [6.45, 7) is 0.627. The van der Waals surface area contributed by atoms with Crippen LogP contribution in [0.15, 0.2) is 54.6 Å². The molecule has 1 aliphatic carbocycles. The first-order chi connectivity index (χ1) is 15.6. The first-order valence-electron chi connectivity index (χ1n) is 11.0. The Hall–Kier alpha value is -3.74. The van der Waals surface area contributed by atoms with E-state index in [-0.39, 0.29) is 37.1 Å². The van der Waals surface area contributed by atoms with E-state index in [0.29, 0.717) is 12.1 Å². The average Bonchev–Trinajstić information content (AvgIpc) is 3.51. The van der Waals surface area contributed by atoms with Crippen molar-refractivity contribution in [2.45, 2.75) is 45.2 Å². The number of nitrogens with one attached hydrogen (secondary N) is 1. The molecule has 2 aromatic carbocycles. The fraction of sp³-hybridized carbons (Fsp3) is 0.280. The van der Waals surface area contributed by atoms with Crippen molar-refractivity contribution >= 4 is 17.7 Å². The monoisotopic (exact) mass is 428 g/mol. The maximum absolute atomic E-state index is 12.7. The van der Waals surface area contributed by atoms with Crippen LogP contribution >= 0.6 is 0 Å². The van der Waals surface area contributed by atoms with E-state index in [1.807, 2.05) is 35.0 Å². The third kappa shape index (κ3) is 3.82. The summed E-state index contributed by atoms with van der Waals surface area (Å²) in [4.78, 5) is 37.5. The van der Waals surface area contributed by atoms with Crippen molar-refractivity contribution in [3.05, 3.63) is 82.7 Å². The van der Waals surface area contributed by atoms with Gasteiger partial charge in [-0.1, -0.05) is 30.3 Å². The Morgan fingerprint density at radius 3 is 2.34 bits per heavy atom. The maximum atomic E-state index is 12.7. The van der Waals surface area contributed by atoms with Crippen LogP contribution in [0.2, 0.25) is 0 Å². The van der Waals surface area contributed by atoms with Crippen molar-refractivity contribution in [1.29, 1.82) is 0 Å². The summed E-state index contributed by atoms with van der Waals surface area (Å²) in [6.07, 6.45) is 3.64. The zero-order valence-corrected chi connectivity index (χ0v) is 17.7. The molecule has 5 rings (SSSR count). The molecule has 1 aliphatic heterocycles. The van der Waals surface area contributed by atoms with Crippen molar-refractivity contribution in [2.75, 3.05) is 0 Å². The number of aromatic nitrogens is 2. The molecule has 0 saturated carbocycles. The van der Waals surface area contributed by atoms with Gasteiger partial charge in [-0.3, -0.25) is 19.3 Å². The van der Waals surface area contributed by atoms with Gasteiger partial charge in [-0.15, -0.1) is 0 Å². The van der Waals surface area contributed by atoms with E-state index in [1.54, 1.807) is 24.3 Å². The van der Waals surface area contributed by atoms with Gasteiger partial charge in [0.05, 0.1) is 24.5 Å². The lowest BCUT2D eigenvalue weighted by Crippen LogP contribution is -2.28. The van der Waals surface area contributed by atoms with Crippen LogP contribution in [0.5, 0.6) is 0 Å². The zero-order chi connectivity index (χ0) is 22.1. The Balaban J connectivity index is 1.25. The first kappa shape index (κ1) is 20.2. The topological polar surface area (TPSA) is 84.3 Å². The van der Waals surface area contributed by atoms with E-state index in [1.165, 1.54) is 16.2 Å². The number of imide groups is 1. The largest absolute Gasteiger partial charge is 0.346 e. The third-order valence-corrected chi connectivity index (χ3v) is 6.14. The summed E-state index contributed by atoms with van der Waals surface area (Å²) in [7, 11) is 0. The van der Waals surface area contributed by atoms with Crippen molar-refractivity contribution in [1.82, 2.24) is 20.0 Å². The summed E-state index contributed by atoms with van der Waals surface area (Å²) in [6, 6.07) is 17.1. The molecule has 162 valence electrons. The number of benzene rings is 2. The molecule has 1 aromatic heterocycles. The fourth-order valence-electron chi connectivity index (χ4n) is 4.45. The fourth-order valence-corrected chi connectivity index (χ4v) is 4.45. The highest BCUT2D eigenvalue weighted by atomic mass is 16.2. The number of likely N-dealkylation sites (tertiary alicyclic amines) is 1. The van der Waals surface area contributed by atoms with Gasteiger partial charge in [0.2, 0.25) is 11.8 Å². The first-order valence-corrected chi connectivity index (χ1v) is 11.0. The molecule has 0 bridgehead atoms. The summed E-state index contributed by atoms with van der Waals surface area (Å²) in [5.74, 6) is -0.454. The average molecular weight is 428 g/mol. The highest BCUT2D eigenvalue weighted by Gasteiger charge is 2.28. The summed E-state index contributed by atoms with van der Waals surface area (Å²) in [5, 5.41) is 7.77. The number of carbonyl (C=O) groups excluding carboxylic acids is 3. The van der Waals surface area contributed by atoms with Crippen LogP contribution in [0.3, 0.4) is 0 Å². The highest BCUT2D eigenvalue weighted by molar-refractivity contribution is 6.01. The summed E-state index contributed by atoms with van der Waals surface area (Å²) >= 11 is 0. The molecule has 32 heavy (non-hydrogen) atoms. The zero-order valence-electron chi connectivity index (χ0n) is 17.7. The van der Waals surface area contributed by atoms with Crippen molar-refractivity contribution in [3.63, 3.8) is 0 Å². The van der Waals surface area contributed by atoms with Gasteiger partial charge in [0.25, 0.3) is 5.91 Å². The van der Waals surface area contributed by atoms with Gasteiger partial charge in [-0.2, -0.15) is 5.10 Å². The number of amides is 3. The lowest BCUT2D eigenvalue weighted by atomic mass is 10.1. The van der Waals surface area contributed by atoms with Crippen molar-refractivity contribution in [2.24, 2.45) is 0 Å². The molecule has 2 aliphatic rings. The molecule has 0 spiro atoms. The van der Waals surface area contributed by atoms with Crippen molar-refractivity contribution in [3.8, 4) is 5.69 Å². The molecule has 1 N–H and O–H groups in total. The lowest BCUT2D eigenvalue weighted by Gasteiger charge is -2.14. The van der Waals surface area contributed by atoms with Crippen LogP contribution in [0.4, 0.5) is 0 Å². The number of fused-ring (bicyclic) bond motifs is 1. The minimum Gasteiger partial charge on any atom is -0.346 e. The maximum Gasteiger partial charge on any atom is 0.251 e. The molecule has 0 radical (unpaired) electrons. The minimum absolute atomic E-state index is 0.140. The molecule has 3 amide bonds. The molecule has 3 aromatic rings. The van der Waals surface area contributed by atoms with Crippen LogP contribution in [0.1, 0.15) is 52.1 Å². The molecular formula is C25H24N4O3. The quantitative estimate of drug-likeness (QED) is 0.612. The molecule has 7 heteroatoms. The Bertz CT molecular complexity index is 1170. The Morgan fingerprint density at radius 1 is 0.906 bits per heavy atom. The number of carbonyl (C=O) groups is 3. The van der Waals surface area contributed by atoms with E-state index in [2.05, 4.69) is 5.32 Å². The van der Waals surface area contributed by atoms with E-state index in [9.17, 15) is 14.4 Å².